The first-order chi connectivity index (χ1) is 12.2. The average molecular weight is 343 g/mol. The van der Waals surface area contributed by atoms with Gasteiger partial charge in [-0.05, 0) is 12.1 Å². The summed E-state index contributed by atoms with van der Waals surface area (Å²) in [7, 11) is 1.63. The van der Waals surface area contributed by atoms with Crippen molar-refractivity contribution in [2.24, 2.45) is 5.92 Å². The molecule has 0 spiro atoms. The standard InChI is InChI=1S/C17H21N5O3/c1-25-7-6-22-12-15(9-19-22)20-17(24)13-8-16(23)21(10-13)11-14-4-2-3-5-18-14/h2-5,9,12-13H,6-8,10-11H2,1H3,(H,20,24). The molecule has 2 aromatic rings. The smallest absolute Gasteiger partial charge is 0.229 e. The number of anilines is 1. The molecule has 3 rings (SSSR count). The second-order valence-electron chi connectivity index (χ2n) is 5.97. The third-order valence-electron chi connectivity index (χ3n) is 4.09. The van der Waals surface area contributed by atoms with Gasteiger partial charge in [0.2, 0.25) is 11.8 Å². The molecule has 8 heteroatoms. The van der Waals surface area contributed by atoms with Gasteiger partial charge in [-0.25, -0.2) is 0 Å². The van der Waals surface area contributed by atoms with Gasteiger partial charge in [-0.3, -0.25) is 19.3 Å². The zero-order valence-corrected chi connectivity index (χ0v) is 14.1. The molecule has 1 fully saturated rings. The molecule has 1 saturated heterocycles. The quantitative estimate of drug-likeness (QED) is 0.807. The van der Waals surface area contributed by atoms with Gasteiger partial charge in [-0.15, -0.1) is 0 Å². The molecular weight excluding hydrogens is 322 g/mol. The van der Waals surface area contributed by atoms with Crippen LogP contribution in [-0.4, -0.2) is 51.7 Å². The Hall–Kier alpha value is -2.74. The maximum atomic E-state index is 12.4. The van der Waals surface area contributed by atoms with Crippen molar-refractivity contribution in [3.8, 4) is 0 Å². The first-order valence-corrected chi connectivity index (χ1v) is 8.15. The Morgan fingerprint density at radius 2 is 2.32 bits per heavy atom. The zero-order chi connectivity index (χ0) is 17.6. The number of methoxy groups -OCH3 is 1. The van der Waals surface area contributed by atoms with Gasteiger partial charge in [0.05, 0.1) is 43.2 Å². The summed E-state index contributed by atoms with van der Waals surface area (Å²) < 4.78 is 6.69. The highest BCUT2D eigenvalue weighted by molar-refractivity contribution is 5.97. The molecule has 0 bridgehead atoms. The van der Waals surface area contributed by atoms with Crippen molar-refractivity contribution < 1.29 is 14.3 Å². The number of pyridine rings is 1. The van der Waals surface area contributed by atoms with Crippen LogP contribution in [0, 0.1) is 5.92 Å². The van der Waals surface area contributed by atoms with E-state index in [1.54, 1.807) is 35.3 Å². The van der Waals surface area contributed by atoms with Gasteiger partial charge in [-0.2, -0.15) is 5.10 Å². The molecule has 3 heterocycles. The predicted molar refractivity (Wildman–Crippen MR) is 90.5 cm³/mol. The molecule has 132 valence electrons. The first-order valence-electron chi connectivity index (χ1n) is 8.15. The number of rotatable bonds is 7. The first kappa shape index (κ1) is 17.1. The molecular formula is C17H21N5O3. The minimum atomic E-state index is -0.362. The van der Waals surface area contributed by atoms with Crippen LogP contribution in [0.25, 0.3) is 0 Å². The van der Waals surface area contributed by atoms with Crippen LogP contribution in [0.2, 0.25) is 0 Å². The monoisotopic (exact) mass is 343 g/mol. The molecule has 1 unspecified atom stereocenters. The van der Waals surface area contributed by atoms with Crippen molar-refractivity contribution in [3.05, 3.63) is 42.5 Å². The molecule has 0 saturated carbocycles. The van der Waals surface area contributed by atoms with E-state index in [-0.39, 0.29) is 24.2 Å². The van der Waals surface area contributed by atoms with Crippen LogP contribution in [0.4, 0.5) is 5.69 Å². The summed E-state index contributed by atoms with van der Waals surface area (Å²) in [5, 5.41) is 6.98. The number of aromatic nitrogens is 3. The van der Waals surface area contributed by atoms with E-state index in [4.69, 9.17) is 4.74 Å². The van der Waals surface area contributed by atoms with E-state index in [2.05, 4.69) is 15.4 Å². The van der Waals surface area contributed by atoms with E-state index in [9.17, 15) is 9.59 Å². The van der Waals surface area contributed by atoms with Crippen molar-refractivity contribution in [2.45, 2.75) is 19.5 Å². The summed E-state index contributed by atoms with van der Waals surface area (Å²) in [5.74, 6) is -0.553. The number of nitrogens with zero attached hydrogens (tertiary/aromatic N) is 4. The fourth-order valence-electron chi connectivity index (χ4n) is 2.77. The normalized spacial score (nSPS) is 17.1. The summed E-state index contributed by atoms with van der Waals surface area (Å²) >= 11 is 0. The lowest BCUT2D eigenvalue weighted by atomic mass is 10.1. The zero-order valence-electron chi connectivity index (χ0n) is 14.1. The molecule has 1 N–H and O–H groups in total. The minimum absolute atomic E-state index is 0.0263. The fourth-order valence-corrected chi connectivity index (χ4v) is 2.77. The molecule has 0 radical (unpaired) electrons. The largest absolute Gasteiger partial charge is 0.383 e. The molecule has 1 aliphatic rings. The Morgan fingerprint density at radius 3 is 3.08 bits per heavy atom. The molecule has 1 aliphatic heterocycles. The number of nitrogens with one attached hydrogen (secondary N) is 1. The highest BCUT2D eigenvalue weighted by atomic mass is 16.5. The molecule has 25 heavy (non-hydrogen) atoms. The van der Waals surface area contributed by atoms with E-state index in [0.29, 0.717) is 31.9 Å². The highest BCUT2D eigenvalue weighted by Crippen LogP contribution is 2.21. The van der Waals surface area contributed by atoms with Crippen LogP contribution in [0.15, 0.2) is 36.8 Å². The number of likely N-dealkylation sites (tertiary alicyclic amines) is 1. The van der Waals surface area contributed by atoms with E-state index in [1.165, 1.54) is 0 Å². The number of amides is 2. The van der Waals surface area contributed by atoms with Crippen molar-refractivity contribution >= 4 is 17.5 Å². The molecule has 1 atom stereocenters. The van der Waals surface area contributed by atoms with Crippen molar-refractivity contribution in [3.63, 3.8) is 0 Å². The van der Waals surface area contributed by atoms with Gasteiger partial charge in [0.25, 0.3) is 0 Å². The number of carbonyl (C=O) groups excluding carboxylic acids is 2. The van der Waals surface area contributed by atoms with Crippen LogP contribution in [0.1, 0.15) is 12.1 Å². The maximum Gasteiger partial charge on any atom is 0.229 e. The van der Waals surface area contributed by atoms with Gasteiger partial charge in [-0.1, -0.05) is 6.07 Å². The van der Waals surface area contributed by atoms with E-state index >= 15 is 0 Å². The Balaban J connectivity index is 1.54. The number of hydrogen-bond acceptors (Lipinski definition) is 5. The number of hydrogen-bond donors (Lipinski definition) is 1. The third kappa shape index (κ3) is 4.42. The summed E-state index contributed by atoms with van der Waals surface area (Å²) in [4.78, 5) is 30.5. The Kier molecular flexibility index (Phi) is 5.39. The lowest BCUT2D eigenvalue weighted by molar-refractivity contribution is -0.128. The minimum Gasteiger partial charge on any atom is -0.383 e. The topological polar surface area (TPSA) is 89.4 Å². The summed E-state index contributed by atoms with van der Waals surface area (Å²) in [5.41, 5.74) is 1.44. The van der Waals surface area contributed by atoms with E-state index in [0.717, 1.165) is 5.69 Å². The van der Waals surface area contributed by atoms with Crippen molar-refractivity contribution in [1.29, 1.82) is 0 Å². The van der Waals surface area contributed by atoms with E-state index < -0.39 is 0 Å². The van der Waals surface area contributed by atoms with E-state index in [1.807, 2.05) is 18.2 Å². The molecule has 0 aromatic carbocycles. The van der Waals surface area contributed by atoms with Crippen LogP contribution < -0.4 is 5.32 Å². The molecule has 0 aliphatic carbocycles. The van der Waals surface area contributed by atoms with Crippen LogP contribution >= 0.6 is 0 Å². The second kappa shape index (κ2) is 7.89. The van der Waals surface area contributed by atoms with Crippen LogP contribution in [0.3, 0.4) is 0 Å². The molecule has 8 nitrogen and oxygen atoms in total. The Bertz CT molecular complexity index is 731. The SMILES string of the molecule is COCCn1cc(NC(=O)C2CC(=O)N(Cc3ccccn3)C2)cn1. The maximum absolute atomic E-state index is 12.4. The molecule has 2 aromatic heterocycles. The van der Waals surface area contributed by atoms with Crippen LogP contribution in [0.5, 0.6) is 0 Å². The lowest BCUT2D eigenvalue weighted by Gasteiger charge is -2.15. The van der Waals surface area contributed by atoms with Gasteiger partial charge in [0, 0.05) is 32.5 Å². The third-order valence-corrected chi connectivity index (χ3v) is 4.09. The van der Waals surface area contributed by atoms with Crippen molar-refractivity contribution in [2.75, 3.05) is 25.6 Å². The second-order valence-corrected chi connectivity index (χ2v) is 5.97. The summed E-state index contributed by atoms with van der Waals surface area (Å²) in [6, 6.07) is 5.59. The number of ether oxygens (including phenoxy) is 1. The van der Waals surface area contributed by atoms with Gasteiger partial charge >= 0.3 is 0 Å². The van der Waals surface area contributed by atoms with Gasteiger partial charge in [0.1, 0.15) is 0 Å². The fraction of sp³-hybridized carbons (Fsp3) is 0.412. The van der Waals surface area contributed by atoms with Gasteiger partial charge < -0.3 is 15.0 Å². The Labute approximate surface area is 145 Å². The summed E-state index contributed by atoms with van der Waals surface area (Å²) in [6.45, 7) is 2.00. The lowest BCUT2D eigenvalue weighted by Crippen LogP contribution is -2.28. The van der Waals surface area contributed by atoms with Crippen LogP contribution in [-0.2, 0) is 27.4 Å². The van der Waals surface area contributed by atoms with Crippen molar-refractivity contribution in [1.82, 2.24) is 19.7 Å². The number of carbonyl (C=O) groups is 2. The Morgan fingerprint density at radius 1 is 1.44 bits per heavy atom. The van der Waals surface area contributed by atoms with Gasteiger partial charge in [0.15, 0.2) is 0 Å². The highest BCUT2D eigenvalue weighted by Gasteiger charge is 2.34. The summed E-state index contributed by atoms with van der Waals surface area (Å²) in [6.07, 6.45) is 5.26. The average Bonchev–Trinajstić information content (AvgIpc) is 3.21. The predicted octanol–water partition coefficient (Wildman–Crippen LogP) is 0.912. The molecule has 2 amide bonds.